The van der Waals surface area contributed by atoms with Gasteiger partial charge in [0.25, 0.3) is 6.36 Å². The molecule has 22 heavy (non-hydrogen) atoms. The molecule has 0 fully saturated rings. The van der Waals surface area contributed by atoms with E-state index in [1.165, 1.54) is 18.2 Å². The van der Waals surface area contributed by atoms with Gasteiger partial charge in [-0.05, 0) is 24.3 Å². The van der Waals surface area contributed by atoms with Crippen LogP contribution in [-0.4, -0.2) is 27.0 Å². The van der Waals surface area contributed by atoms with Crippen LogP contribution in [0.15, 0.2) is 53.3 Å². The zero-order valence-corrected chi connectivity index (χ0v) is 11.1. The number of halogens is 3. The van der Waals surface area contributed by atoms with E-state index in [0.29, 0.717) is 5.69 Å². The van der Waals surface area contributed by atoms with Crippen molar-refractivity contribution in [2.75, 3.05) is 0 Å². The Labute approximate surface area is 122 Å². The van der Waals surface area contributed by atoms with Gasteiger partial charge in [-0.3, -0.25) is 0 Å². The van der Waals surface area contributed by atoms with Crippen LogP contribution >= 0.6 is 0 Å². The van der Waals surface area contributed by atoms with Crippen LogP contribution in [0.25, 0.3) is 11.3 Å². The van der Waals surface area contributed by atoms with E-state index in [-0.39, 0.29) is 11.5 Å². The van der Waals surface area contributed by atoms with Crippen LogP contribution in [-0.2, 0) is 0 Å². The number of alkyl halides is 3. The first-order valence-corrected chi connectivity index (χ1v) is 6.33. The highest BCUT2D eigenvalue weighted by molar-refractivity contribution is 5.43. The molecule has 0 amide bonds. The van der Waals surface area contributed by atoms with E-state index in [1.807, 2.05) is 0 Å². The minimum absolute atomic E-state index is 0.160. The van der Waals surface area contributed by atoms with Gasteiger partial charge in [-0.2, -0.15) is 9.07 Å². The van der Waals surface area contributed by atoms with Crippen LogP contribution in [0.3, 0.4) is 0 Å². The van der Waals surface area contributed by atoms with E-state index in [0.717, 1.165) is 9.08 Å². The molecule has 2 aromatic heterocycles. The summed E-state index contributed by atoms with van der Waals surface area (Å²) in [5, 5.41) is 4.07. The Hall–Kier alpha value is -2.77. The Bertz CT molecular complexity index is 845. The SMILES string of the molecule is O=c1n(-c2ccccc2)nc2cccc(OC(F)C(F)F)n12. The maximum absolute atomic E-state index is 13.1. The van der Waals surface area contributed by atoms with Crippen molar-refractivity contribution in [3.63, 3.8) is 0 Å². The molecule has 0 aliphatic carbocycles. The summed E-state index contributed by atoms with van der Waals surface area (Å²) in [7, 11) is 0. The highest BCUT2D eigenvalue weighted by Gasteiger charge is 2.23. The number of rotatable bonds is 4. The molecule has 0 aliphatic heterocycles. The van der Waals surface area contributed by atoms with Crippen LogP contribution in [0.5, 0.6) is 5.88 Å². The highest BCUT2D eigenvalue weighted by Crippen LogP contribution is 2.17. The lowest BCUT2D eigenvalue weighted by Crippen LogP contribution is -2.24. The summed E-state index contributed by atoms with van der Waals surface area (Å²) in [6, 6.07) is 12.7. The van der Waals surface area contributed by atoms with Gasteiger partial charge in [-0.25, -0.2) is 18.0 Å². The second-order valence-corrected chi connectivity index (χ2v) is 4.39. The first kappa shape index (κ1) is 14.2. The highest BCUT2D eigenvalue weighted by atomic mass is 19.3. The van der Waals surface area contributed by atoms with E-state index in [1.54, 1.807) is 30.3 Å². The maximum Gasteiger partial charge on any atom is 0.358 e. The fourth-order valence-corrected chi connectivity index (χ4v) is 1.98. The van der Waals surface area contributed by atoms with Gasteiger partial charge in [0.05, 0.1) is 5.69 Å². The molecule has 0 saturated carbocycles. The molecule has 2 heterocycles. The van der Waals surface area contributed by atoms with Crippen LogP contribution < -0.4 is 10.4 Å². The lowest BCUT2D eigenvalue weighted by Gasteiger charge is -2.10. The predicted molar refractivity (Wildman–Crippen MR) is 72.3 cm³/mol. The van der Waals surface area contributed by atoms with Crippen LogP contribution in [0.2, 0.25) is 0 Å². The van der Waals surface area contributed by atoms with Crippen LogP contribution in [0.4, 0.5) is 13.2 Å². The zero-order valence-electron chi connectivity index (χ0n) is 11.1. The average Bonchev–Trinajstić information content (AvgIpc) is 2.86. The van der Waals surface area contributed by atoms with Crippen LogP contribution in [0, 0.1) is 0 Å². The summed E-state index contributed by atoms with van der Waals surface area (Å²) in [6.07, 6.45) is -6.13. The molecular weight excluding hydrogens is 299 g/mol. The third kappa shape index (κ3) is 2.43. The molecule has 3 rings (SSSR count). The number of hydrogen-bond acceptors (Lipinski definition) is 3. The summed E-state index contributed by atoms with van der Waals surface area (Å²) in [5.41, 5.74) is 0.0129. The Morgan fingerprint density at radius 3 is 2.41 bits per heavy atom. The summed E-state index contributed by atoms with van der Waals surface area (Å²) >= 11 is 0. The molecule has 0 aliphatic rings. The van der Waals surface area contributed by atoms with Gasteiger partial charge in [-0.1, -0.05) is 24.3 Å². The second kappa shape index (κ2) is 5.55. The Morgan fingerprint density at radius 2 is 1.73 bits per heavy atom. The van der Waals surface area contributed by atoms with Crippen molar-refractivity contribution in [1.29, 1.82) is 0 Å². The molecule has 1 unspecified atom stereocenters. The summed E-state index contributed by atoms with van der Waals surface area (Å²) in [5.74, 6) is -0.336. The van der Waals surface area contributed by atoms with Gasteiger partial charge in [0.15, 0.2) is 5.65 Å². The number of ether oxygens (including phenoxy) is 1. The molecule has 0 radical (unpaired) electrons. The van der Waals surface area contributed by atoms with Gasteiger partial charge in [0.1, 0.15) is 0 Å². The number of aromatic nitrogens is 3. The predicted octanol–water partition coefficient (Wildman–Crippen LogP) is 2.42. The lowest BCUT2D eigenvalue weighted by atomic mass is 10.3. The fraction of sp³-hybridized carbons (Fsp3) is 0.143. The van der Waals surface area contributed by atoms with Gasteiger partial charge < -0.3 is 4.74 Å². The van der Waals surface area contributed by atoms with Gasteiger partial charge >= 0.3 is 12.1 Å². The number of hydrogen-bond donors (Lipinski definition) is 0. The largest absolute Gasteiger partial charge is 0.438 e. The molecule has 3 aromatic rings. The Kier molecular flexibility index (Phi) is 3.58. The maximum atomic E-state index is 13.1. The normalized spacial score (nSPS) is 12.7. The van der Waals surface area contributed by atoms with Gasteiger partial charge in [-0.15, -0.1) is 5.10 Å². The smallest absolute Gasteiger partial charge is 0.358 e. The molecule has 0 spiro atoms. The number of para-hydroxylation sites is 1. The second-order valence-electron chi connectivity index (χ2n) is 4.39. The quantitative estimate of drug-likeness (QED) is 0.743. The Morgan fingerprint density at radius 1 is 1.00 bits per heavy atom. The van der Waals surface area contributed by atoms with Gasteiger partial charge in [0, 0.05) is 0 Å². The summed E-state index contributed by atoms with van der Waals surface area (Å²) < 4.78 is 44.2. The molecule has 114 valence electrons. The lowest BCUT2D eigenvalue weighted by molar-refractivity contribution is -0.0696. The number of pyridine rings is 1. The molecule has 0 bridgehead atoms. The molecular formula is C14H10F3N3O2. The van der Waals surface area contributed by atoms with E-state index in [4.69, 9.17) is 0 Å². The fourth-order valence-electron chi connectivity index (χ4n) is 1.98. The van der Waals surface area contributed by atoms with E-state index in [9.17, 15) is 18.0 Å². The van der Waals surface area contributed by atoms with E-state index in [2.05, 4.69) is 9.84 Å². The third-order valence-corrected chi connectivity index (χ3v) is 2.94. The van der Waals surface area contributed by atoms with Crippen molar-refractivity contribution in [3.05, 3.63) is 59.0 Å². The topological polar surface area (TPSA) is 48.5 Å². The zero-order chi connectivity index (χ0) is 15.7. The molecule has 0 saturated heterocycles. The molecule has 0 N–H and O–H groups in total. The number of nitrogens with zero attached hydrogens (tertiary/aromatic N) is 3. The minimum Gasteiger partial charge on any atom is -0.438 e. The van der Waals surface area contributed by atoms with Gasteiger partial charge in [0.2, 0.25) is 5.88 Å². The summed E-state index contributed by atoms with van der Waals surface area (Å²) in [6.45, 7) is 0. The van der Waals surface area contributed by atoms with Crippen LogP contribution in [0.1, 0.15) is 0 Å². The average molecular weight is 309 g/mol. The van der Waals surface area contributed by atoms with E-state index >= 15 is 0 Å². The Balaban J connectivity index is 2.13. The van der Waals surface area contributed by atoms with Crippen molar-refractivity contribution in [2.24, 2.45) is 0 Å². The number of fused-ring (bicyclic) bond motifs is 1. The standard InChI is InChI=1S/C14H10F3N3O2/c15-12(16)13(17)22-11-8-4-7-10-18-20(14(21)19(10)11)9-5-2-1-3-6-9/h1-8,12-13H. The third-order valence-electron chi connectivity index (χ3n) is 2.94. The number of benzene rings is 1. The summed E-state index contributed by atoms with van der Waals surface area (Å²) in [4.78, 5) is 12.4. The first-order valence-electron chi connectivity index (χ1n) is 6.33. The minimum atomic E-state index is -3.31. The molecule has 5 nitrogen and oxygen atoms in total. The van der Waals surface area contributed by atoms with E-state index < -0.39 is 18.5 Å². The van der Waals surface area contributed by atoms with Crippen molar-refractivity contribution in [2.45, 2.75) is 12.8 Å². The van der Waals surface area contributed by atoms with Crippen molar-refractivity contribution < 1.29 is 17.9 Å². The van der Waals surface area contributed by atoms with Crippen molar-refractivity contribution >= 4 is 5.65 Å². The van der Waals surface area contributed by atoms with Crippen molar-refractivity contribution in [1.82, 2.24) is 14.2 Å². The molecule has 1 aromatic carbocycles. The molecule has 1 atom stereocenters. The van der Waals surface area contributed by atoms with Crippen molar-refractivity contribution in [3.8, 4) is 11.6 Å². The monoisotopic (exact) mass is 309 g/mol. The first-order chi connectivity index (χ1) is 10.6. The molecule has 8 heteroatoms.